The number of aromatic amines is 1. The fourth-order valence-corrected chi connectivity index (χ4v) is 1.87. The second-order valence-corrected chi connectivity index (χ2v) is 3.85. The van der Waals surface area contributed by atoms with E-state index in [-0.39, 0.29) is 0 Å². The van der Waals surface area contributed by atoms with Crippen molar-refractivity contribution in [1.29, 1.82) is 0 Å². The van der Waals surface area contributed by atoms with Crippen LogP contribution in [0.15, 0.2) is 42.7 Å². The smallest absolute Gasteiger partial charge is 0.155 e. The number of imidazole rings is 1. The van der Waals surface area contributed by atoms with Crippen LogP contribution in [0.3, 0.4) is 0 Å². The Labute approximate surface area is 97.1 Å². The monoisotopic (exact) mass is 229 g/mol. The van der Waals surface area contributed by atoms with Crippen molar-refractivity contribution in [3.05, 3.63) is 47.7 Å². The minimum atomic E-state index is 0.658. The number of hydrogen-bond acceptors (Lipinski definition) is 2. The minimum Gasteiger partial charge on any atom is -0.343 e. The van der Waals surface area contributed by atoms with Crippen LogP contribution in [0.25, 0.3) is 22.4 Å². The Morgan fingerprint density at radius 1 is 1.12 bits per heavy atom. The Hall–Kier alpha value is -1.87. The maximum Gasteiger partial charge on any atom is 0.155 e. The first-order valence-electron chi connectivity index (χ1n) is 4.89. The molecule has 0 aliphatic rings. The number of nitrogens with one attached hydrogen (secondary N) is 1. The van der Waals surface area contributed by atoms with E-state index in [0.717, 1.165) is 22.4 Å². The van der Waals surface area contributed by atoms with Gasteiger partial charge in [0.25, 0.3) is 0 Å². The average molecular weight is 230 g/mol. The summed E-state index contributed by atoms with van der Waals surface area (Å²) in [6.07, 6.45) is 3.47. The van der Waals surface area contributed by atoms with Crippen molar-refractivity contribution in [2.45, 2.75) is 0 Å². The minimum absolute atomic E-state index is 0.658. The molecule has 2 heterocycles. The number of fused-ring (bicyclic) bond motifs is 1. The molecule has 3 nitrogen and oxygen atoms in total. The lowest BCUT2D eigenvalue weighted by Gasteiger charge is -2.01. The normalized spacial score (nSPS) is 10.8. The zero-order valence-electron chi connectivity index (χ0n) is 8.31. The van der Waals surface area contributed by atoms with Gasteiger partial charge < -0.3 is 4.98 Å². The number of pyridine rings is 1. The number of hydrogen-bond donors (Lipinski definition) is 1. The highest BCUT2D eigenvalue weighted by Crippen LogP contribution is 2.23. The highest BCUT2D eigenvalue weighted by atomic mass is 35.5. The van der Waals surface area contributed by atoms with Crippen LogP contribution in [0.4, 0.5) is 0 Å². The Bertz CT molecular complexity index is 632. The summed E-state index contributed by atoms with van der Waals surface area (Å²) < 4.78 is 0. The van der Waals surface area contributed by atoms with Gasteiger partial charge in [-0.2, -0.15) is 0 Å². The van der Waals surface area contributed by atoms with Crippen molar-refractivity contribution >= 4 is 22.5 Å². The lowest BCUT2D eigenvalue weighted by molar-refractivity contribution is 1.25. The zero-order valence-corrected chi connectivity index (χ0v) is 9.07. The van der Waals surface area contributed by atoms with E-state index in [1.165, 1.54) is 0 Å². The summed E-state index contributed by atoms with van der Waals surface area (Å²) in [6.45, 7) is 0. The molecular formula is C12H8ClN3. The first kappa shape index (κ1) is 9.36. The molecule has 0 saturated carbocycles. The molecule has 3 aromatic rings. The van der Waals surface area contributed by atoms with Crippen molar-refractivity contribution in [2.75, 3.05) is 0 Å². The summed E-state index contributed by atoms with van der Waals surface area (Å²) in [5.74, 6) is 0.752. The molecule has 0 amide bonds. The van der Waals surface area contributed by atoms with E-state index in [9.17, 15) is 0 Å². The molecule has 0 radical (unpaired) electrons. The van der Waals surface area contributed by atoms with Crippen LogP contribution in [0.5, 0.6) is 0 Å². The van der Waals surface area contributed by atoms with Gasteiger partial charge in [-0.3, -0.25) is 0 Å². The number of rotatable bonds is 1. The summed E-state index contributed by atoms with van der Waals surface area (Å²) >= 11 is 6.10. The van der Waals surface area contributed by atoms with E-state index >= 15 is 0 Å². The van der Waals surface area contributed by atoms with E-state index in [2.05, 4.69) is 15.0 Å². The molecular weight excluding hydrogens is 222 g/mol. The molecule has 0 saturated heterocycles. The summed E-state index contributed by atoms with van der Waals surface area (Å²) in [7, 11) is 0. The standard InChI is InChI=1S/C12H8ClN3/c13-9-3-1-2-8-4-5-10(16-11(8)9)12-14-6-7-15-12/h1-7H,(H,14,15). The van der Waals surface area contributed by atoms with Gasteiger partial charge >= 0.3 is 0 Å². The molecule has 1 aromatic carbocycles. The third kappa shape index (κ3) is 1.46. The van der Waals surface area contributed by atoms with Gasteiger partial charge in [0.1, 0.15) is 5.69 Å². The molecule has 0 fully saturated rings. The maximum absolute atomic E-state index is 6.10. The predicted molar refractivity (Wildman–Crippen MR) is 64.3 cm³/mol. The van der Waals surface area contributed by atoms with Crippen LogP contribution < -0.4 is 0 Å². The van der Waals surface area contributed by atoms with Crippen molar-refractivity contribution in [3.8, 4) is 11.5 Å². The number of H-pyrrole nitrogens is 1. The van der Waals surface area contributed by atoms with Gasteiger partial charge in [-0.05, 0) is 12.1 Å². The molecule has 0 atom stereocenters. The summed E-state index contributed by atoms with van der Waals surface area (Å²) in [5.41, 5.74) is 1.60. The lowest BCUT2D eigenvalue weighted by Crippen LogP contribution is -1.87. The molecule has 0 unspecified atom stereocenters. The Morgan fingerprint density at radius 2 is 2.06 bits per heavy atom. The van der Waals surface area contributed by atoms with Crippen LogP contribution >= 0.6 is 11.6 Å². The van der Waals surface area contributed by atoms with E-state index in [1.54, 1.807) is 12.4 Å². The second-order valence-electron chi connectivity index (χ2n) is 3.45. The van der Waals surface area contributed by atoms with Crippen molar-refractivity contribution in [1.82, 2.24) is 15.0 Å². The fourth-order valence-electron chi connectivity index (χ4n) is 1.65. The molecule has 16 heavy (non-hydrogen) atoms. The molecule has 0 bridgehead atoms. The van der Waals surface area contributed by atoms with Gasteiger partial charge in [-0.25, -0.2) is 9.97 Å². The summed E-state index contributed by atoms with van der Waals surface area (Å²) in [5, 5.41) is 1.69. The maximum atomic E-state index is 6.10. The van der Waals surface area contributed by atoms with Crippen molar-refractivity contribution < 1.29 is 0 Å². The largest absolute Gasteiger partial charge is 0.343 e. The Morgan fingerprint density at radius 3 is 2.88 bits per heavy atom. The van der Waals surface area contributed by atoms with Crippen LogP contribution in [0.2, 0.25) is 5.02 Å². The van der Waals surface area contributed by atoms with Gasteiger partial charge in [0.2, 0.25) is 0 Å². The van der Waals surface area contributed by atoms with E-state index in [1.807, 2.05) is 30.3 Å². The summed E-state index contributed by atoms with van der Waals surface area (Å²) in [4.78, 5) is 11.7. The van der Waals surface area contributed by atoms with Gasteiger partial charge in [-0.1, -0.05) is 29.8 Å². The number of benzene rings is 1. The lowest BCUT2D eigenvalue weighted by atomic mass is 10.2. The van der Waals surface area contributed by atoms with Crippen LogP contribution in [-0.4, -0.2) is 15.0 Å². The van der Waals surface area contributed by atoms with E-state index in [4.69, 9.17) is 11.6 Å². The number of para-hydroxylation sites is 1. The molecule has 78 valence electrons. The molecule has 0 spiro atoms. The molecule has 3 rings (SSSR count). The van der Waals surface area contributed by atoms with Gasteiger partial charge in [0.05, 0.1) is 10.5 Å². The van der Waals surface area contributed by atoms with Crippen molar-refractivity contribution in [2.24, 2.45) is 0 Å². The van der Waals surface area contributed by atoms with E-state index < -0.39 is 0 Å². The zero-order chi connectivity index (χ0) is 11.0. The highest BCUT2D eigenvalue weighted by Gasteiger charge is 2.05. The third-order valence-electron chi connectivity index (χ3n) is 2.41. The topological polar surface area (TPSA) is 41.6 Å². The van der Waals surface area contributed by atoms with Gasteiger partial charge in [0.15, 0.2) is 5.82 Å². The highest BCUT2D eigenvalue weighted by molar-refractivity contribution is 6.35. The second kappa shape index (κ2) is 3.61. The predicted octanol–water partition coefficient (Wildman–Crippen LogP) is 3.28. The third-order valence-corrected chi connectivity index (χ3v) is 2.72. The van der Waals surface area contributed by atoms with Crippen molar-refractivity contribution in [3.63, 3.8) is 0 Å². The van der Waals surface area contributed by atoms with E-state index in [0.29, 0.717) is 5.02 Å². The molecule has 1 N–H and O–H groups in total. The quantitative estimate of drug-likeness (QED) is 0.696. The first-order valence-corrected chi connectivity index (χ1v) is 5.27. The molecule has 0 aliphatic carbocycles. The Kier molecular flexibility index (Phi) is 2.11. The van der Waals surface area contributed by atoms with Crippen LogP contribution in [0, 0.1) is 0 Å². The first-order chi connectivity index (χ1) is 7.84. The Balaban J connectivity index is 2.27. The molecule has 4 heteroatoms. The summed E-state index contributed by atoms with van der Waals surface area (Å²) in [6, 6.07) is 9.66. The number of halogens is 1. The fraction of sp³-hybridized carbons (Fsp3) is 0. The number of nitrogens with zero attached hydrogens (tertiary/aromatic N) is 2. The molecule has 2 aromatic heterocycles. The number of aromatic nitrogens is 3. The SMILES string of the molecule is Clc1cccc2ccc(-c3ncc[nH]3)nc12. The van der Waals surface area contributed by atoms with Gasteiger partial charge in [0, 0.05) is 17.8 Å². The van der Waals surface area contributed by atoms with Crippen LogP contribution in [-0.2, 0) is 0 Å². The van der Waals surface area contributed by atoms with Gasteiger partial charge in [-0.15, -0.1) is 0 Å². The molecule has 0 aliphatic heterocycles. The average Bonchev–Trinajstić information content (AvgIpc) is 2.83. The van der Waals surface area contributed by atoms with Crippen LogP contribution in [0.1, 0.15) is 0 Å².